The van der Waals surface area contributed by atoms with E-state index in [1.807, 2.05) is 12.1 Å². The third-order valence-electron chi connectivity index (χ3n) is 3.29. The number of hydrogen-bond donors (Lipinski definition) is 2. The molecule has 0 atom stereocenters. The van der Waals surface area contributed by atoms with Gasteiger partial charge in [-0.15, -0.1) is 0 Å². The van der Waals surface area contributed by atoms with Crippen LogP contribution in [0.3, 0.4) is 0 Å². The molecule has 0 amide bonds. The van der Waals surface area contributed by atoms with Crippen LogP contribution in [0.4, 0.5) is 0 Å². The zero-order valence-electron chi connectivity index (χ0n) is 9.57. The Hall–Kier alpha value is -1.13. The van der Waals surface area contributed by atoms with Crippen LogP contribution in [0.25, 0.3) is 0 Å². The Morgan fingerprint density at radius 1 is 1.50 bits per heavy atom. The first-order valence-electron chi connectivity index (χ1n) is 5.63. The predicted octanol–water partition coefficient (Wildman–Crippen LogP) is 1.09. The number of aliphatic hydroxyl groups is 1. The maximum Gasteiger partial charge on any atom is 0.212 e. The lowest BCUT2D eigenvalue weighted by molar-refractivity contribution is 0.0872. The molecule has 0 aliphatic heterocycles. The Bertz CT molecular complexity index is 328. The van der Waals surface area contributed by atoms with Crippen LogP contribution in [-0.2, 0) is 6.54 Å². The maximum atomic E-state index is 9.30. The molecule has 0 spiro atoms. The van der Waals surface area contributed by atoms with Crippen molar-refractivity contribution in [1.82, 2.24) is 10.3 Å². The van der Waals surface area contributed by atoms with Gasteiger partial charge < -0.3 is 15.2 Å². The van der Waals surface area contributed by atoms with Crippen molar-refractivity contribution in [1.29, 1.82) is 0 Å². The molecule has 4 nitrogen and oxygen atoms in total. The largest absolute Gasteiger partial charge is 0.481 e. The summed E-state index contributed by atoms with van der Waals surface area (Å²) in [7, 11) is 1.61. The van der Waals surface area contributed by atoms with Crippen molar-refractivity contribution in [2.24, 2.45) is 0 Å². The van der Waals surface area contributed by atoms with Crippen LogP contribution in [-0.4, -0.2) is 29.3 Å². The summed E-state index contributed by atoms with van der Waals surface area (Å²) in [6.07, 6.45) is 5.13. The van der Waals surface area contributed by atoms with Crippen molar-refractivity contribution in [2.45, 2.75) is 31.3 Å². The van der Waals surface area contributed by atoms with E-state index in [9.17, 15) is 5.11 Å². The molecule has 0 aromatic carbocycles. The van der Waals surface area contributed by atoms with Crippen LogP contribution in [0.2, 0.25) is 0 Å². The van der Waals surface area contributed by atoms with Crippen molar-refractivity contribution in [2.75, 3.05) is 13.7 Å². The summed E-state index contributed by atoms with van der Waals surface area (Å²) >= 11 is 0. The molecule has 2 rings (SSSR count). The zero-order chi connectivity index (χ0) is 11.4. The summed E-state index contributed by atoms with van der Waals surface area (Å²) < 4.78 is 5.00. The Labute approximate surface area is 95.7 Å². The first-order valence-corrected chi connectivity index (χ1v) is 5.63. The molecule has 16 heavy (non-hydrogen) atoms. The van der Waals surface area contributed by atoms with Gasteiger partial charge in [0.15, 0.2) is 0 Å². The zero-order valence-corrected chi connectivity index (χ0v) is 9.57. The highest BCUT2D eigenvalue weighted by atomic mass is 16.5. The van der Waals surface area contributed by atoms with Gasteiger partial charge in [-0.25, -0.2) is 4.98 Å². The number of methoxy groups -OCH3 is 1. The van der Waals surface area contributed by atoms with Crippen LogP contribution >= 0.6 is 0 Å². The Balaban J connectivity index is 1.89. The number of nitrogens with one attached hydrogen (secondary N) is 1. The lowest BCUT2D eigenvalue weighted by Gasteiger charge is -2.41. The van der Waals surface area contributed by atoms with Gasteiger partial charge in [0.05, 0.1) is 13.7 Å². The lowest BCUT2D eigenvalue weighted by Crippen LogP contribution is -2.53. The Morgan fingerprint density at radius 3 is 2.75 bits per heavy atom. The van der Waals surface area contributed by atoms with E-state index >= 15 is 0 Å². The van der Waals surface area contributed by atoms with E-state index in [1.165, 1.54) is 6.42 Å². The molecule has 2 N–H and O–H groups in total. The minimum absolute atomic E-state index is 0.0417. The summed E-state index contributed by atoms with van der Waals surface area (Å²) in [5.41, 5.74) is 1.07. The van der Waals surface area contributed by atoms with E-state index < -0.39 is 0 Å². The molecule has 1 heterocycles. The summed E-state index contributed by atoms with van der Waals surface area (Å²) in [4.78, 5) is 4.14. The van der Waals surface area contributed by atoms with Crippen LogP contribution in [0.15, 0.2) is 18.3 Å². The minimum atomic E-state index is -0.0417. The molecule has 88 valence electrons. The number of ether oxygens (including phenoxy) is 1. The molecule has 1 aromatic rings. The first kappa shape index (κ1) is 11.4. The topological polar surface area (TPSA) is 54.4 Å². The molecule has 1 saturated carbocycles. The maximum absolute atomic E-state index is 9.30. The van der Waals surface area contributed by atoms with Gasteiger partial charge in [0.2, 0.25) is 5.88 Å². The number of aliphatic hydroxyl groups excluding tert-OH is 1. The molecular weight excluding hydrogens is 204 g/mol. The standard InChI is InChI=1S/C12H18N2O2/c1-16-11-4-3-10(7-13-11)8-14-12(9-15)5-2-6-12/h3-4,7,14-15H,2,5-6,8-9H2,1H3. The van der Waals surface area contributed by atoms with Crippen LogP contribution in [0.5, 0.6) is 5.88 Å². The van der Waals surface area contributed by atoms with Crippen LogP contribution < -0.4 is 10.1 Å². The van der Waals surface area contributed by atoms with E-state index in [4.69, 9.17) is 4.74 Å². The average molecular weight is 222 g/mol. The van der Waals surface area contributed by atoms with Crippen LogP contribution in [0.1, 0.15) is 24.8 Å². The van der Waals surface area contributed by atoms with Gasteiger partial charge in [-0.3, -0.25) is 0 Å². The lowest BCUT2D eigenvalue weighted by atomic mass is 9.77. The monoisotopic (exact) mass is 222 g/mol. The average Bonchev–Trinajstić information content (AvgIpc) is 2.29. The normalized spacial score (nSPS) is 17.9. The second kappa shape index (κ2) is 4.80. The van der Waals surface area contributed by atoms with Gasteiger partial charge in [-0.1, -0.05) is 6.07 Å². The third-order valence-corrected chi connectivity index (χ3v) is 3.29. The summed E-state index contributed by atoms with van der Waals surface area (Å²) in [6, 6.07) is 3.84. The van der Waals surface area contributed by atoms with Gasteiger partial charge in [-0.2, -0.15) is 0 Å². The fourth-order valence-electron chi connectivity index (χ4n) is 1.92. The van der Waals surface area contributed by atoms with E-state index in [1.54, 1.807) is 13.3 Å². The van der Waals surface area contributed by atoms with Gasteiger partial charge in [0.25, 0.3) is 0 Å². The second-order valence-electron chi connectivity index (χ2n) is 4.35. The van der Waals surface area contributed by atoms with E-state index in [2.05, 4.69) is 10.3 Å². The minimum Gasteiger partial charge on any atom is -0.481 e. The summed E-state index contributed by atoms with van der Waals surface area (Å²) in [6.45, 7) is 0.966. The molecule has 0 unspecified atom stereocenters. The number of pyridine rings is 1. The van der Waals surface area contributed by atoms with Crippen molar-refractivity contribution >= 4 is 0 Å². The highest BCUT2D eigenvalue weighted by molar-refractivity contribution is 5.18. The highest BCUT2D eigenvalue weighted by Crippen LogP contribution is 2.31. The van der Waals surface area contributed by atoms with Gasteiger partial charge in [0.1, 0.15) is 0 Å². The number of rotatable bonds is 5. The van der Waals surface area contributed by atoms with Gasteiger partial charge >= 0.3 is 0 Å². The van der Waals surface area contributed by atoms with Crippen molar-refractivity contribution in [3.8, 4) is 5.88 Å². The second-order valence-corrected chi connectivity index (χ2v) is 4.35. The fraction of sp³-hybridized carbons (Fsp3) is 0.583. The molecule has 0 bridgehead atoms. The number of nitrogens with zero attached hydrogens (tertiary/aromatic N) is 1. The summed E-state index contributed by atoms with van der Waals surface area (Å²) in [5.74, 6) is 0.629. The van der Waals surface area contributed by atoms with Crippen LogP contribution in [0, 0.1) is 0 Å². The van der Waals surface area contributed by atoms with E-state index in [-0.39, 0.29) is 12.1 Å². The predicted molar refractivity (Wildman–Crippen MR) is 61.3 cm³/mol. The van der Waals surface area contributed by atoms with Gasteiger partial charge in [0, 0.05) is 24.3 Å². The first-order chi connectivity index (χ1) is 7.78. The Morgan fingerprint density at radius 2 is 2.31 bits per heavy atom. The van der Waals surface area contributed by atoms with Gasteiger partial charge in [-0.05, 0) is 24.8 Å². The van der Waals surface area contributed by atoms with Crippen molar-refractivity contribution in [3.05, 3.63) is 23.9 Å². The fourth-order valence-corrected chi connectivity index (χ4v) is 1.92. The summed E-state index contributed by atoms with van der Waals surface area (Å²) in [5, 5.41) is 12.7. The Kier molecular flexibility index (Phi) is 3.41. The van der Waals surface area contributed by atoms with E-state index in [0.29, 0.717) is 5.88 Å². The van der Waals surface area contributed by atoms with Crippen molar-refractivity contribution in [3.63, 3.8) is 0 Å². The SMILES string of the molecule is COc1ccc(CNC2(CO)CCC2)cn1. The molecule has 4 heteroatoms. The quantitative estimate of drug-likeness (QED) is 0.783. The molecule has 1 aliphatic rings. The number of aromatic nitrogens is 1. The van der Waals surface area contributed by atoms with E-state index in [0.717, 1.165) is 24.9 Å². The van der Waals surface area contributed by atoms with Crippen molar-refractivity contribution < 1.29 is 9.84 Å². The number of hydrogen-bond acceptors (Lipinski definition) is 4. The molecule has 1 aromatic heterocycles. The molecule has 1 aliphatic carbocycles. The molecular formula is C12H18N2O2. The third kappa shape index (κ3) is 2.33. The highest BCUT2D eigenvalue weighted by Gasteiger charge is 2.35. The molecule has 0 radical (unpaired) electrons. The smallest absolute Gasteiger partial charge is 0.212 e. The molecule has 1 fully saturated rings. The molecule has 0 saturated heterocycles.